The minimum Gasteiger partial charge on any atom is -0.467 e. The van der Waals surface area contributed by atoms with Crippen molar-refractivity contribution in [1.29, 1.82) is 0 Å². The normalized spacial score (nSPS) is 10.3. The van der Waals surface area contributed by atoms with Gasteiger partial charge in [-0.25, -0.2) is 0 Å². The Labute approximate surface area is 119 Å². The van der Waals surface area contributed by atoms with E-state index in [9.17, 15) is 14.9 Å². The zero-order valence-electron chi connectivity index (χ0n) is 10.6. The van der Waals surface area contributed by atoms with Crippen LogP contribution in [0.25, 0.3) is 0 Å². The molecule has 104 valence electrons. The molecule has 6 nitrogen and oxygen atoms in total. The summed E-state index contributed by atoms with van der Waals surface area (Å²) in [5, 5.41) is 11.2. The van der Waals surface area contributed by atoms with Crippen LogP contribution in [-0.4, -0.2) is 22.8 Å². The van der Waals surface area contributed by atoms with Gasteiger partial charge in [-0.15, -0.1) is 0 Å². The third-order valence-corrected chi connectivity index (χ3v) is 2.94. The molecule has 20 heavy (non-hydrogen) atoms. The minimum absolute atomic E-state index is 0.00606. The van der Waals surface area contributed by atoms with Gasteiger partial charge in [0.05, 0.1) is 17.7 Å². The van der Waals surface area contributed by atoms with Crippen LogP contribution in [0, 0.1) is 10.1 Å². The SMILES string of the molecule is CN(Cc1ccco1)C(=O)c1ccc(Cl)cc1[N+](=O)[O-]. The molecule has 0 saturated carbocycles. The van der Waals surface area contributed by atoms with Gasteiger partial charge in [-0.3, -0.25) is 14.9 Å². The fourth-order valence-electron chi connectivity index (χ4n) is 1.75. The maximum Gasteiger partial charge on any atom is 0.283 e. The molecule has 0 atom stereocenters. The maximum absolute atomic E-state index is 12.2. The third kappa shape index (κ3) is 2.97. The lowest BCUT2D eigenvalue weighted by molar-refractivity contribution is -0.385. The van der Waals surface area contributed by atoms with Crippen molar-refractivity contribution in [2.24, 2.45) is 0 Å². The summed E-state index contributed by atoms with van der Waals surface area (Å²) >= 11 is 5.72. The molecule has 0 radical (unpaired) electrons. The van der Waals surface area contributed by atoms with Crippen LogP contribution >= 0.6 is 11.6 Å². The van der Waals surface area contributed by atoms with Crippen molar-refractivity contribution >= 4 is 23.2 Å². The molecule has 0 spiro atoms. The number of halogens is 1. The van der Waals surface area contributed by atoms with E-state index in [4.69, 9.17) is 16.0 Å². The van der Waals surface area contributed by atoms with Crippen molar-refractivity contribution in [2.75, 3.05) is 7.05 Å². The molecule has 1 heterocycles. The lowest BCUT2D eigenvalue weighted by Crippen LogP contribution is -2.26. The molecule has 2 rings (SSSR count). The minimum atomic E-state index is -0.625. The van der Waals surface area contributed by atoms with E-state index in [1.165, 1.54) is 23.3 Å². The summed E-state index contributed by atoms with van der Waals surface area (Å²) in [5.41, 5.74) is -0.317. The molecule has 0 saturated heterocycles. The van der Waals surface area contributed by atoms with E-state index in [1.54, 1.807) is 19.2 Å². The molecule has 0 aliphatic heterocycles. The standard InChI is InChI=1S/C13H11ClN2O4/c1-15(8-10-3-2-6-20-10)13(17)11-5-4-9(14)7-12(11)16(18)19/h2-7H,8H2,1H3. The number of hydrogen-bond donors (Lipinski definition) is 0. The fraction of sp³-hybridized carbons (Fsp3) is 0.154. The zero-order chi connectivity index (χ0) is 14.7. The second kappa shape index (κ2) is 5.75. The predicted octanol–water partition coefficient (Wildman–Crippen LogP) is 3.11. The summed E-state index contributed by atoms with van der Waals surface area (Å²) < 4.78 is 5.14. The number of nitrogens with zero attached hydrogens (tertiary/aromatic N) is 2. The van der Waals surface area contributed by atoms with E-state index in [1.807, 2.05) is 0 Å². The molecule has 1 amide bonds. The molecule has 0 N–H and O–H groups in total. The van der Waals surface area contributed by atoms with Crippen LogP contribution in [0.15, 0.2) is 41.0 Å². The molecule has 0 aliphatic rings. The van der Waals surface area contributed by atoms with E-state index in [-0.39, 0.29) is 22.8 Å². The van der Waals surface area contributed by atoms with Gasteiger partial charge >= 0.3 is 0 Å². The van der Waals surface area contributed by atoms with Crippen LogP contribution in [0.4, 0.5) is 5.69 Å². The van der Waals surface area contributed by atoms with Crippen LogP contribution in [-0.2, 0) is 6.54 Å². The third-order valence-electron chi connectivity index (χ3n) is 2.71. The Kier molecular flexibility index (Phi) is 4.05. The van der Waals surface area contributed by atoms with Gasteiger partial charge < -0.3 is 9.32 Å². The number of amides is 1. The van der Waals surface area contributed by atoms with Gasteiger partial charge in [0.25, 0.3) is 11.6 Å². The van der Waals surface area contributed by atoms with Crippen molar-refractivity contribution in [3.63, 3.8) is 0 Å². The largest absolute Gasteiger partial charge is 0.467 e. The van der Waals surface area contributed by atoms with Crippen molar-refractivity contribution in [3.8, 4) is 0 Å². The monoisotopic (exact) mass is 294 g/mol. The Morgan fingerprint density at radius 3 is 2.80 bits per heavy atom. The van der Waals surface area contributed by atoms with Gasteiger partial charge in [-0.05, 0) is 24.3 Å². The second-order valence-electron chi connectivity index (χ2n) is 4.16. The Bertz CT molecular complexity index is 640. The first-order chi connectivity index (χ1) is 9.49. The van der Waals surface area contributed by atoms with E-state index in [2.05, 4.69) is 0 Å². The van der Waals surface area contributed by atoms with E-state index >= 15 is 0 Å². The molecular weight excluding hydrogens is 284 g/mol. The first-order valence-electron chi connectivity index (χ1n) is 5.71. The number of carbonyl (C=O) groups excluding carboxylic acids is 1. The van der Waals surface area contributed by atoms with Crippen molar-refractivity contribution in [1.82, 2.24) is 4.90 Å². The quantitative estimate of drug-likeness (QED) is 0.641. The summed E-state index contributed by atoms with van der Waals surface area (Å²) in [4.78, 5) is 23.9. The number of nitro benzene ring substituents is 1. The summed E-state index contributed by atoms with van der Waals surface area (Å²) in [6.07, 6.45) is 1.50. The van der Waals surface area contributed by atoms with Crippen LogP contribution in [0.2, 0.25) is 5.02 Å². The molecule has 0 bridgehead atoms. The molecule has 1 aromatic heterocycles. The molecule has 0 aliphatic carbocycles. The first-order valence-corrected chi connectivity index (χ1v) is 6.08. The van der Waals surface area contributed by atoms with Gasteiger partial charge in [0.15, 0.2) is 0 Å². The summed E-state index contributed by atoms with van der Waals surface area (Å²) in [6, 6.07) is 7.39. The topological polar surface area (TPSA) is 76.6 Å². The lowest BCUT2D eigenvalue weighted by atomic mass is 10.1. The number of benzene rings is 1. The summed E-state index contributed by atoms with van der Waals surface area (Å²) in [7, 11) is 1.54. The number of furan rings is 1. The fourth-order valence-corrected chi connectivity index (χ4v) is 1.92. The Balaban J connectivity index is 2.26. The van der Waals surface area contributed by atoms with Crippen LogP contribution in [0.1, 0.15) is 16.1 Å². The van der Waals surface area contributed by atoms with E-state index < -0.39 is 10.8 Å². The Morgan fingerprint density at radius 1 is 1.45 bits per heavy atom. The molecule has 2 aromatic rings. The maximum atomic E-state index is 12.2. The van der Waals surface area contributed by atoms with Gasteiger partial charge in [0, 0.05) is 18.1 Å². The lowest BCUT2D eigenvalue weighted by Gasteiger charge is -2.15. The van der Waals surface area contributed by atoms with Gasteiger partial charge in [-0.1, -0.05) is 11.6 Å². The second-order valence-corrected chi connectivity index (χ2v) is 4.60. The molecule has 1 aromatic carbocycles. The summed E-state index contributed by atoms with van der Waals surface area (Å²) in [5.74, 6) is 0.127. The highest BCUT2D eigenvalue weighted by molar-refractivity contribution is 6.31. The predicted molar refractivity (Wildman–Crippen MR) is 72.6 cm³/mol. The van der Waals surface area contributed by atoms with E-state index in [0.717, 1.165) is 6.07 Å². The van der Waals surface area contributed by atoms with Gasteiger partial charge in [-0.2, -0.15) is 0 Å². The summed E-state index contributed by atoms with van der Waals surface area (Å²) in [6.45, 7) is 0.228. The Morgan fingerprint density at radius 2 is 2.20 bits per heavy atom. The van der Waals surface area contributed by atoms with Crippen LogP contribution in [0.5, 0.6) is 0 Å². The average molecular weight is 295 g/mol. The van der Waals surface area contributed by atoms with E-state index in [0.29, 0.717) is 5.76 Å². The molecular formula is C13H11ClN2O4. The van der Waals surface area contributed by atoms with Crippen LogP contribution < -0.4 is 0 Å². The highest BCUT2D eigenvalue weighted by atomic mass is 35.5. The molecule has 0 unspecified atom stereocenters. The number of carbonyl (C=O) groups is 1. The van der Waals surface area contributed by atoms with Crippen molar-refractivity contribution in [2.45, 2.75) is 6.54 Å². The van der Waals surface area contributed by atoms with Crippen molar-refractivity contribution < 1.29 is 14.1 Å². The number of hydrogen-bond acceptors (Lipinski definition) is 4. The average Bonchev–Trinajstić information content (AvgIpc) is 2.90. The molecule has 7 heteroatoms. The van der Waals surface area contributed by atoms with Gasteiger partial charge in [0.1, 0.15) is 11.3 Å². The van der Waals surface area contributed by atoms with Crippen molar-refractivity contribution in [3.05, 3.63) is 63.1 Å². The Hall–Kier alpha value is -2.34. The van der Waals surface area contributed by atoms with Gasteiger partial charge in [0.2, 0.25) is 0 Å². The smallest absolute Gasteiger partial charge is 0.283 e. The highest BCUT2D eigenvalue weighted by Gasteiger charge is 2.23. The number of rotatable bonds is 4. The molecule has 0 fully saturated rings. The first kappa shape index (κ1) is 14.1. The highest BCUT2D eigenvalue weighted by Crippen LogP contribution is 2.24. The number of nitro groups is 1. The zero-order valence-corrected chi connectivity index (χ0v) is 11.3. The van der Waals surface area contributed by atoms with Crippen LogP contribution in [0.3, 0.4) is 0 Å².